The molecule has 0 fully saturated rings. The molecule has 0 saturated heterocycles. The number of carbonyl (C=O) groups is 2. The Morgan fingerprint density at radius 2 is 1.33 bits per heavy atom. The molecule has 0 unspecified atom stereocenters. The summed E-state index contributed by atoms with van der Waals surface area (Å²) in [7, 11) is 0. The fourth-order valence-electron chi connectivity index (χ4n) is 3.29. The number of aromatic nitrogens is 1. The van der Waals surface area contributed by atoms with E-state index in [1.165, 1.54) is 24.3 Å². The number of nitrogens with zero attached hydrogens (tertiary/aromatic N) is 1. The van der Waals surface area contributed by atoms with Crippen molar-refractivity contribution in [3.05, 3.63) is 89.6 Å². The van der Waals surface area contributed by atoms with Gasteiger partial charge in [-0.3, -0.25) is 9.59 Å². The van der Waals surface area contributed by atoms with Crippen LogP contribution in [0.1, 0.15) is 17.7 Å². The lowest BCUT2D eigenvalue weighted by Crippen LogP contribution is -2.17. The minimum atomic E-state index is -0.375. The van der Waals surface area contributed by atoms with Gasteiger partial charge >= 0.3 is 0 Å². The quantitative estimate of drug-likeness (QED) is 0.342. The summed E-state index contributed by atoms with van der Waals surface area (Å²) in [4.78, 5) is 30.2. The molecular weight excluding hydrogens is 437 g/mol. The average molecular weight is 460 g/mol. The zero-order valence-electron chi connectivity index (χ0n) is 18.0. The monoisotopic (exact) mass is 459 g/mol. The Morgan fingerprint density at radius 3 is 1.91 bits per heavy atom. The maximum atomic E-state index is 12.9. The summed E-state index contributed by atoms with van der Waals surface area (Å²) in [6.45, 7) is 2.05. The van der Waals surface area contributed by atoms with E-state index < -0.39 is 0 Å². The molecule has 0 atom stereocenters. The predicted octanol–water partition coefficient (Wildman–Crippen LogP) is 6.28. The lowest BCUT2D eigenvalue weighted by molar-refractivity contribution is -0.121. The Bertz CT molecular complexity index is 1250. The minimum absolute atomic E-state index is 0.0293. The normalized spacial score (nSPS) is 10.6. The van der Waals surface area contributed by atoms with E-state index >= 15 is 0 Å². The molecule has 0 saturated carbocycles. The van der Waals surface area contributed by atoms with Gasteiger partial charge in [-0.05, 0) is 43.3 Å². The van der Waals surface area contributed by atoms with Crippen molar-refractivity contribution in [2.24, 2.45) is 0 Å². The number of hydrogen-bond acceptors (Lipinski definition) is 4. The van der Waals surface area contributed by atoms with Gasteiger partial charge in [-0.15, -0.1) is 11.3 Å². The van der Waals surface area contributed by atoms with Crippen molar-refractivity contribution >= 4 is 34.5 Å². The molecule has 0 bridgehead atoms. The molecule has 0 radical (unpaired) electrons. The fraction of sp³-hybridized carbons (Fsp3) is 0.115. The highest BCUT2D eigenvalue weighted by molar-refractivity contribution is 7.15. The largest absolute Gasteiger partial charge is 0.326 e. The van der Waals surface area contributed by atoms with Crippen molar-refractivity contribution in [1.29, 1.82) is 0 Å². The second-order valence-electron chi connectivity index (χ2n) is 7.47. The third-order valence-corrected chi connectivity index (χ3v) is 5.99. The average Bonchev–Trinajstić information content (AvgIpc) is 3.22. The van der Waals surface area contributed by atoms with Crippen LogP contribution in [0.25, 0.3) is 21.8 Å². The molecule has 1 aromatic heterocycles. The Kier molecular flexibility index (Phi) is 6.90. The van der Waals surface area contributed by atoms with Gasteiger partial charge in [0.15, 0.2) is 0 Å². The minimum Gasteiger partial charge on any atom is -0.326 e. The number of amides is 2. The second-order valence-corrected chi connectivity index (χ2v) is 8.67. The standard InChI is InChI=1S/C26H22FN3O2S/c1-17-25(30-26(33-17)19-5-3-2-4-6-19)18-7-11-21(12-8-18)28-23(31)15-16-24(32)29-22-13-9-20(27)10-14-22/h2-14H,15-16H2,1H3,(H,28,31)(H,29,32). The summed E-state index contributed by atoms with van der Waals surface area (Å²) in [5.41, 5.74) is 4.13. The van der Waals surface area contributed by atoms with Crippen molar-refractivity contribution < 1.29 is 14.0 Å². The highest BCUT2D eigenvalue weighted by Gasteiger charge is 2.12. The van der Waals surface area contributed by atoms with Crippen molar-refractivity contribution in [3.63, 3.8) is 0 Å². The van der Waals surface area contributed by atoms with Crippen LogP contribution in [0.15, 0.2) is 78.9 Å². The Balaban J connectivity index is 1.32. The summed E-state index contributed by atoms with van der Waals surface area (Å²) < 4.78 is 12.9. The molecule has 166 valence electrons. The highest BCUT2D eigenvalue weighted by Crippen LogP contribution is 2.33. The number of nitrogens with one attached hydrogen (secondary N) is 2. The van der Waals surface area contributed by atoms with E-state index in [2.05, 4.69) is 10.6 Å². The Labute approximate surface area is 195 Å². The van der Waals surface area contributed by atoms with Crippen LogP contribution in [-0.4, -0.2) is 16.8 Å². The van der Waals surface area contributed by atoms with Crippen molar-refractivity contribution in [1.82, 2.24) is 4.98 Å². The molecule has 2 amide bonds. The molecule has 33 heavy (non-hydrogen) atoms. The van der Waals surface area contributed by atoms with Gasteiger partial charge < -0.3 is 10.6 Å². The highest BCUT2D eigenvalue weighted by atomic mass is 32.1. The van der Waals surface area contributed by atoms with E-state index in [4.69, 9.17) is 4.98 Å². The molecule has 2 N–H and O–H groups in total. The number of thiazole rings is 1. The number of anilines is 2. The van der Waals surface area contributed by atoms with Gasteiger partial charge in [0.25, 0.3) is 0 Å². The summed E-state index contributed by atoms with van der Waals surface area (Å²) in [5, 5.41) is 6.42. The smallest absolute Gasteiger partial charge is 0.224 e. The molecule has 0 spiro atoms. The van der Waals surface area contributed by atoms with E-state index in [-0.39, 0.29) is 30.5 Å². The van der Waals surface area contributed by atoms with Crippen LogP contribution in [0, 0.1) is 12.7 Å². The third-order valence-electron chi connectivity index (χ3n) is 4.97. The van der Waals surface area contributed by atoms with Crippen molar-refractivity contribution in [2.45, 2.75) is 19.8 Å². The van der Waals surface area contributed by atoms with Gasteiger partial charge in [-0.25, -0.2) is 9.37 Å². The molecule has 4 rings (SSSR count). The lowest BCUT2D eigenvalue weighted by atomic mass is 10.1. The zero-order valence-corrected chi connectivity index (χ0v) is 18.8. The first-order chi connectivity index (χ1) is 16.0. The van der Waals surface area contributed by atoms with Crippen LogP contribution < -0.4 is 10.6 Å². The van der Waals surface area contributed by atoms with Crippen LogP contribution in [0.4, 0.5) is 15.8 Å². The van der Waals surface area contributed by atoms with E-state index in [0.29, 0.717) is 11.4 Å². The Morgan fingerprint density at radius 1 is 0.788 bits per heavy atom. The third kappa shape index (κ3) is 5.90. The van der Waals surface area contributed by atoms with Crippen LogP contribution in [-0.2, 0) is 9.59 Å². The number of aryl methyl sites for hydroxylation is 1. The summed E-state index contributed by atoms with van der Waals surface area (Å²) in [5.74, 6) is -0.937. The van der Waals surface area contributed by atoms with Gasteiger partial charge in [-0.2, -0.15) is 0 Å². The van der Waals surface area contributed by atoms with Crippen LogP contribution in [0.5, 0.6) is 0 Å². The van der Waals surface area contributed by atoms with Crippen LogP contribution >= 0.6 is 11.3 Å². The molecule has 4 aromatic rings. The van der Waals surface area contributed by atoms with Gasteiger partial charge in [-0.1, -0.05) is 42.5 Å². The van der Waals surface area contributed by atoms with Gasteiger partial charge in [0.1, 0.15) is 10.8 Å². The maximum absolute atomic E-state index is 12.9. The molecular formula is C26H22FN3O2S. The lowest BCUT2D eigenvalue weighted by Gasteiger charge is -2.07. The van der Waals surface area contributed by atoms with Crippen molar-refractivity contribution in [2.75, 3.05) is 10.6 Å². The second kappa shape index (κ2) is 10.2. The number of hydrogen-bond donors (Lipinski definition) is 2. The topological polar surface area (TPSA) is 71.1 Å². The summed E-state index contributed by atoms with van der Waals surface area (Å²) in [6.07, 6.45) is 0.0714. The number of benzene rings is 3. The number of rotatable bonds is 7. The predicted molar refractivity (Wildman–Crippen MR) is 131 cm³/mol. The first kappa shape index (κ1) is 22.4. The van der Waals surface area contributed by atoms with Crippen LogP contribution in [0.2, 0.25) is 0 Å². The molecule has 5 nitrogen and oxygen atoms in total. The first-order valence-corrected chi connectivity index (χ1v) is 11.3. The molecule has 0 aliphatic carbocycles. The number of carbonyl (C=O) groups excluding carboxylic acids is 2. The van der Waals surface area contributed by atoms with E-state index in [1.54, 1.807) is 11.3 Å². The van der Waals surface area contributed by atoms with E-state index in [9.17, 15) is 14.0 Å². The van der Waals surface area contributed by atoms with E-state index in [1.807, 2.05) is 61.5 Å². The maximum Gasteiger partial charge on any atom is 0.224 e. The van der Waals surface area contributed by atoms with Crippen LogP contribution in [0.3, 0.4) is 0 Å². The fourth-order valence-corrected chi connectivity index (χ4v) is 4.23. The molecule has 3 aromatic carbocycles. The number of halogens is 1. The zero-order chi connectivity index (χ0) is 23.2. The van der Waals surface area contributed by atoms with E-state index in [0.717, 1.165) is 26.7 Å². The summed E-state index contributed by atoms with van der Waals surface area (Å²) >= 11 is 1.65. The SMILES string of the molecule is Cc1sc(-c2ccccc2)nc1-c1ccc(NC(=O)CCC(=O)Nc2ccc(F)cc2)cc1. The summed E-state index contributed by atoms with van der Waals surface area (Å²) in [6, 6.07) is 23.0. The van der Waals surface area contributed by atoms with Crippen molar-refractivity contribution in [3.8, 4) is 21.8 Å². The van der Waals surface area contributed by atoms with Gasteiger partial charge in [0.2, 0.25) is 11.8 Å². The first-order valence-electron chi connectivity index (χ1n) is 10.5. The molecule has 1 heterocycles. The van der Waals surface area contributed by atoms with Gasteiger partial charge in [0, 0.05) is 40.2 Å². The molecule has 0 aliphatic rings. The van der Waals surface area contributed by atoms with Gasteiger partial charge in [0.05, 0.1) is 5.69 Å². The molecule has 0 aliphatic heterocycles. The molecule has 7 heteroatoms. The Hall–Kier alpha value is -3.84.